The molecule has 2 aromatic heterocycles. The highest BCUT2D eigenvalue weighted by molar-refractivity contribution is 5.98. The van der Waals surface area contributed by atoms with Crippen molar-refractivity contribution in [2.45, 2.75) is 26.3 Å². The monoisotopic (exact) mass is 334 g/mol. The van der Waals surface area contributed by atoms with Crippen LogP contribution in [0.25, 0.3) is 27.5 Å². The predicted octanol–water partition coefficient (Wildman–Crippen LogP) is 4.97. The number of aromatic amines is 1. The summed E-state index contributed by atoms with van der Waals surface area (Å²) in [6.07, 6.45) is 1.82. The average molecular weight is 334 g/mol. The van der Waals surface area contributed by atoms with E-state index in [0.717, 1.165) is 33.1 Å². The number of rotatable bonds is 4. The van der Waals surface area contributed by atoms with Gasteiger partial charge in [0.1, 0.15) is 5.82 Å². The van der Waals surface area contributed by atoms with E-state index in [1.54, 1.807) is 0 Å². The number of H-pyrrole nitrogens is 1. The number of fused-ring (bicyclic) bond motifs is 2. The highest BCUT2D eigenvalue weighted by atomic mass is 19.1. The maximum absolute atomic E-state index is 13.4. The summed E-state index contributed by atoms with van der Waals surface area (Å²) >= 11 is 0. The van der Waals surface area contributed by atoms with Gasteiger partial charge in [-0.15, -0.1) is 0 Å². The molecule has 0 aliphatic carbocycles. The van der Waals surface area contributed by atoms with Gasteiger partial charge in [-0.25, -0.2) is 4.39 Å². The van der Waals surface area contributed by atoms with Crippen LogP contribution in [0.5, 0.6) is 0 Å². The van der Waals surface area contributed by atoms with E-state index < -0.39 is 0 Å². The van der Waals surface area contributed by atoms with Crippen LogP contribution in [0.4, 0.5) is 4.39 Å². The molecular weight excluding hydrogens is 315 g/mol. The van der Waals surface area contributed by atoms with E-state index in [1.165, 1.54) is 17.8 Å². The standard InChI is InChI=1S/C20H19FN4/c1-12(2)20-17(11-22-3)16-9-18-13(10-23-24-18)8-19(16)25(20)15-6-4-14(21)5-7-15/h4-10,12H,3,11H2,1-2H3,(H,23,24). The molecule has 0 amide bonds. The van der Waals surface area contributed by atoms with Gasteiger partial charge in [0.25, 0.3) is 0 Å². The summed E-state index contributed by atoms with van der Waals surface area (Å²) in [6.45, 7) is 8.54. The van der Waals surface area contributed by atoms with Gasteiger partial charge in [-0.2, -0.15) is 5.10 Å². The van der Waals surface area contributed by atoms with Crippen molar-refractivity contribution in [2.75, 3.05) is 0 Å². The minimum Gasteiger partial charge on any atom is -0.313 e. The van der Waals surface area contributed by atoms with Gasteiger partial charge >= 0.3 is 0 Å². The van der Waals surface area contributed by atoms with Gasteiger partial charge in [-0.1, -0.05) is 13.8 Å². The van der Waals surface area contributed by atoms with Crippen molar-refractivity contribution in [3.63, 3.8) is 0 Å². The van der Waals surface area contributed by atoms with Gasteiger partial charge in [-0.3, -0.25) is 10.1 Å². The number of benzene rings is 2. The molecule has 25 heavy (non-hydrogen) atoms. The second kappa shape index (κ2) is 5.84. The number of nitrogens with zero attached hydrogens (tertiary/aromatic N) is 3. The van der Waals surface area contributed by atoms with E-state index in [0.29, 0.717) is 6.54 Å². The quantitative estimate of drug-likeness (QED) is 0.526. The van der Waals surface area contributed by atoms with Crippen molar-refractivity contribution < 1.29 is 4.39 Å². The van der Waals surface area contributed by atoms with Gasteiger partial charge in [0, 0.05) is 27.7 Å². The molecule has 0 saturated heterocycles. The second-order valence-corrected chi connectivity index (χ2v) is 6.54. The second-order valence-electron chi connectivity index (χ2n) is 6.54. The Morgan fingerprint density at radius 2 is 2.00 bits per heavy atom. The fourth-order valence-corrected chi connectivity index (χ4v) is 3.56. The zero-order chi connectivity index (χ0) is 17.6. The normalized spacial score (nSPS) is 11.7. The van der Waals surface area contributed by atoms with E-state index in [4.69, 9.17) is 0 Å². The molecule has 4 nitrogen and oxygen atoms in total. The van der Waals surface area contributed by atoms with Gasteiger partial charge in [0.15, 0.2) is 0 Å². The first-order valence-corrected chi connectivity index (χ1v) is 8.29. The fourth-order valence-electron chi connectivity index (χ4n) is 3.56. The third-order valence-corrected chi connectivity index (χ3v) is 4.57. The predicted molar refractivity (Wildman–Crippen MR) is 100 cm³/mol. The van der Waals surface area contributed by atoms with Crippen molar-refractivity contribution in [3.8, 4) is 5.69 Å². The molecule has 2 aromatic carbocycles. The zero-order valence-corrected chi connectivity index (χ0v) is 14.3. The van der Waals surface area contributed by atoms with E-state index in [1.807, 2.05) is 18.3 Å². The van der Waals surface area contributed by atoms with Crippen molar-refractivity contribution in [1.29, 1.82) is 0 Å². The molecule has 0 spiro atoms. The van der Waals surface area contributed by atoms with E-state index in [2.05, 4.69) is 52.5 Å². The van der Waals surface area contributed by atoms with Crippen LogP contribution in [-0.2, 0) is 6.54 Å². The molecule has 0 bridgehead atoms. The summed E-state index contributed by atoms with van der Waals surface area (Å²) in [6, 6.07) is 10.8. The van der Waals surface area contributed by atoms with Crippen LogP contribution in [0.1, 0.15) is 31.0 Å². The van der Waals surface area contributed by atoms with Crippen LogP contribution < -0.4 is 0 Å². The van der Waals surface area contributed by atoms with Crippen LogP contribution in [0.15, 0.2) is 47.6 Å². The van der Waals surface area contributed by atoms with Gasteiger partial charge in [0.05, 0.1) is 23.8 Å². The lowest BCUT2D eigenvalue weighted by Crippen LogP contribution is -2.04. The van der Waals surface area contributed by atoms with E-state index >= 15 is 0 Å². The molecule has 0 aliphatic rings. The maximum Gasteiger partial charge on any atom is 0.123 e. The van der Waals surface area contributed by atoms with Gasteiger partial charge in [0.2, 0.25) is 0 Å². The molecule has 4 rings (SSSR count). The largest absolute Gasteiger partial charge is 0.313 e. The van der Waals surface area contributed by atoms with Crippen LogP contribution in [-0.4, -0.2) is 21.5 Å². The van der Waals surface area contributed by atoms with Crippen LogP contribution in [0, 0.1) is 5.82 Å². The zero-order valence-electron chi connectivity index (χ0n) is 14.3. The molecule has 0 aliphatic heterocycles. The first-order valence-electron chi connectivity index (χ1n) is 8.29. The molecule has 0 saturated carbocycles. The lowest BCUT2D eigenvalue weighted by molar-refractivity contribution is 0.627. The Morgan fingerprint density at radius 3 is 2.68 bits per heavy atom. The number of hydrogen-bond acceptors (Lipinski definition) is 2. The Kier molecular flexibility index (Phi) is 3.64. The summed E-state index contributed by atoms with van der Waals surface area (Å²) in [5.41, 5.74) is 5.33. The van der Waals surface area contributed by atoms with Crippen molar-refractivity contribution in [3.05, 3.63) is 59.7 Å². The number of aliphatic imine (C=N–C) groups is 1. The third-order valence-electron chi connectivity index (χ3n) is 4.57. The third kappa shape index (κ3) is 2.43. The molecule has 1 N–H and O–H groups in total. The molecule has 0 atom stereocenters. The first-order chi connectivity index (χ1) is 12.1. The first kappa shape index (κ1) is 15.6. The molecule has 5 heteroatoms. The SMILES string of the molecule is C=NCc1c(C(C)C)n(-c2ccc(F)cc2)c2cc3cn[nH]c3cc12. The van der Waals surface area contributed by atoms with Crippen molar-refractivity contribution in [1.82, 2.24) is 14.8 Å². The van der Waals surface area contributed by atoms with E-state index in [9.17, 15) is 4.39 Å². The minimum atomic E-state index is -0.239. The van der Waals surface area contributed by atoms with Crippen molar-refractivity contribution in [2.24, 2.45) is 4.99 Å². The molecule has 126 valence electrons. The van der Waals surface area contributed by atoms with Gasteiger partial charge in [-0.05, 0) is 49.0 Å². The Labute approximate surface area is 145 Å². The maximum atomic E-state index is 13.4. The van der Waals surface area contributed by atoms with Crippen LogP contribution in [0.3, 0.4) is 0 Å². The summed E-state index contributed by atoms with van der Waals surface area (Å²) in [5, 5.41) is 9.33. The lowest BCUT2D eigenvalue weighted by Gasteiger charge is -2.15. The van der Waals surface area contributed by atoms with Crippen LogP contribution in [0.2, 0.25) is 0 Å². The molecule has 2 heterocycles. The Bertz CT molecular complexity index is 1070. The Balaban J connectivity index is 2.15. The fraction of sp³-hybridized carbons (Fsp3) is 0.200. The highest BCUT2D eigenvalue weighted by Crippen LogP contribution is 2.36. The van der Waals surface area contributed by atoms with Crippen molar-refractivity contribution >= 4 is 28.5 Å². The smallest absolute Gasteiger partial charge is 0.123 e. The number of nitrogens with one attached hydrogen (secondary N) is 1. The summed E-state index contributed by atoms with van der Waals surface area (Å²) in [4.78, 5) is 4.14. The minimum absolute atomic E-state index is 0.239. The lowest BCUT2D eigenvalue weighted by atomic mass is 10.0. The topological polar surface area (TPSA) is 46.0 Å². The van der Waals surface area contributed by atoms with E-state index in [-0.39, 0.29) is 11.7 Å². The molecule has 4 aromatic rings. The number of hydrogen-bond donors (Lipinski definition) is 1. The Hall–Kier alpha value is -2.95. The number of halogens is 1. The molecule has 0 unspecified atom stereocenters. The highest BCUT2D eigenvalue weighted by Gasteiger charge is 2.21. The average Bonchev–Trinajstić information content (AvgIpc) is 3.16. The molecular formula is C20H19FN4. The van der Waals surface area contributed by atoms with Gasteiger partial charge < -0.3 is 4.57 Å². The molecule has 0 radical (unpaired) electrons. The molecule has 0 fully saturated rings. The number of aromatic nitrogens is 3. The summed E-state index contributed by atoms with van der Waals surface area (Å²) in [5.74, 6) is 0.0437. The Morgan fingerprint density at radius 1 is 1.24 bits per heavy atom. The van der Waals surface area contributed by atoms with Crippen LogP contribution >= 0.6 is 0 Å². The summed E-state index contributed by atoms with van der Waals surface area (Å²) < 4.78 is 15.6. The summed E-state index contributed by atoms with van der Waals surface area (Å²) in [7, 11) is 0.